The minimum Gasteiger partial charge on any atom is -0.505 e. The SMILES string of the molecule is O=C(O)c1c(O)c2ccccc2n1O. The number of aromatic carboxylic acids is 1. The number of rotatable bonds is 1. The summed E-state index contributed by atoms with van der Waals surface area (Å²) in [6.07, 6.45) is 0. The van der Waals surface area contributed by atoms with E-state index in [1.54, 1.807) is 12.1 Å². The first-order valence-corrected chi connectivity index (χ1v) is 3.88. The second-order valence-electron chi connectivity index (χ2n) is 2.83. The van der Waals surface area contributed by atoms with Gasteiger partial charge in [-0.2, -0.15) is 4.73 Å². The Balaban J connectivity index is 2.92. The van der Waals surface area contributed by atoms with Gasteiger partial charge in [0.15, 0.2) is 5.75 Å². The van der Waals surface area contributed by atoms with Gasteiger partial charge in [0.2, 0.25) is 5.69 Å². The average Bonchev–Trinajstić information content (AvgIpc) is 2.41. The number of carbonyl (C=O) groups is 1. The van der Waals surface area contributed by atoms with E-state index in [1.165, 1.54) is 12.1 Å². The van der Waals surface area contributed by atoms with Crippen molar-refractivity contribution in [2.24, 2.45) is 0 Å². The monoisotopic (exact) mass is 193 g/mol. The molecule has 0 saturated carbocycles. The Kier molecular flexibility index (Phi) is 1.60. The zero-order valence-corrected chi connectivity index (χ0v) is 7.01. The summed E-state index contributed by atoms with van der Waals surface area (Å²) >= 11 is 0. The zero-order chi connectivity index (χ0) is 10.3. The number of hydrogen-bond acceptors (Lipinski definition) is 3. The fraction of sp³-hybridized carbons (Fsp3) is 0. The molecule has 5 heteroatoms. The predicted molar refractivity (Wildman–Crippen MR) is 47.7 cm³/mol. The molecule has 0 atom stereocenters. The number of fused-ring (bicyclic) bond motifs is 1. The maximum absolute atomic E-state index is 10.7. The first-order valence-electron chi connectivity index (χ1n) is 3.88. The molecule has 0 radical (unpaired) electrons. The second kappa shape index (κ2) is 2.66. The average molecular weight is 193 g/mol. The minimum absolute atomic E-state index is 0.266. The maximum Gasteiger partial charge on any atom is 0.359 e. The van der Waals surface area contributed by atoms with E-state index in [1.807, 2.05) is 0 Å². The molecule has 2 aromatic rings. The van der Waals surface area contributed by atoms with Crippen LogP contribution in [-0.2, 0) is 0 Å². The molecule has 0 spiro atoms. The van der Waals surface area contributed by atoms with Gasteiger partial charge in [0.25, 0.3) is 0 Å². The van der Waals surface area contributed by atoms with Crippen LogP contribution in [0.3, 0.4) is 0 Å². The van der Waals surface area contributed by atoms with Gasteiger partial charge in [0.05, 0.1) is 5.52 Å². The van der Waals surface area contributed by atoms with Gasteiger partial charge in [-0.15, -0.1) is 0 Å². The van der Waals surface area contributed by atoms with Gasteiger partial charge in [-0.25, -0.2) is 4.79 Å². The molecule has 0 fully saturated rings. The van der Waals surface area contributed by atoms with Crippen LogP contribution in [0, 0.1) is 0 Å². The van der Waals surface area contributed by atoms with Gasteiger partial charge in [0.1, 0.15) is 0 Å². The van der Waals surface area contributed by atoms with Crippen LogP contribution in [0.2, 0.25) is 0 Å². The Morgan fingerprint density at radius 3 is 2.50 bits per heavy atom. The first kappa shape index (κ1) is 8.43. The van der Waals surface area contributed by atoms with Crippen LogP contribution < -0.4 is 0 Å². The molecule has 3 N–H and O–H groups in total. The molecular weight excluding hydrogens is 186 g/mol. The molecule has 0 saturated heterocycles. The highest BCUT2D eigenvalue weighted by Crippen LogP contribution is 2.30. The van der Waals surface area contributed by atoms with Crippen LogP contribution in [0.1, 0.15) is 10.5 Å². The lowest BCUT2D eigenvalue weighted by Gasteiger charge is -1.95. The molecule has 0 aliphatic carbocycles. The Labute approximate surface area is 78.4 Å². The molecule has 0 amide bonds. The van der Waals surface area contributed by atoms with Crippen LogP contribution in [0.5, 0.6) is 5.75 Å². The van der Waals surface area contributed by atoms with Crippen LogP contribution in [-0.4, -0.2) is 26.1 Å². The van der Waals surface area contributed by atoms with Gasteiger partial charge in [-0.1, -0.05) is 12.1 Å². The zero-order valence-electron chi connectivity index (χ0n) is 7.01. The third kappa shape index (κ3) is 0.922. The van der Waals surface area contributed by atoms with Crippen LogP contribution >= 0.6 is 0 Å². The van der Waals surface area contributed by atoms with Crippen LogP contribution in [0.4, 0.5) is 0 Å². The van der Waals surface area contributed by atoms with Crippen molar-refractivity contribution in [3.05, 3.63) is 30.0 Å². The van der Waals surface area contributed by atoms with Crippen LogP contribution in [0.15, 0.2) is 24.3 Å². The van der Waals surface area contributed by atoms with Crippen molar-refractivity contribution in [1.29, 1.82) is 0 Å². The summed E-state index contributed by atoms with van der Waals surface area (Å²) < 4.78 is 0.465. The lowest BCUT2D eigenvalue weighted by Crippen LogP contribution is -2.04. The van der Waals surface area contributed by atoms with Crippen molar-refractivity contribution < 1.29 is 20.2 Å². The van der Waals surface area contributed by atoms with E-state index in [2.05, 4.69) is 0 Å². The van der Waals surface area contributed by atoms with E-state index in [0.717, 1.165) is 0 Å². The molecule has 72 valence electrons. The third-order valence-corrected chi connectivity index (χ3v) is 2.03. The molecule has 0 aliphatic rings. The molecule has 2 rings (SSSR count). The summed E-state index contributed by atoms with van der Waals surface area (Å²) in [6, 6.07) is 6.33. The summed E-state index contributed by atoms with van der Waals surface area (Å²) in [5.74, 6) is -1.79. The molecule has 1 aromatic heterocycles. The normalized spacial score (nSPS) is 10.6. The number of hydrogen-bond donors (Lipinski definition) is 3. The number of aromatic nitrogens is 1. The van der Waals surface area contributed by atoms with Crippen molar-refractivity contribution in [2.75, 3.05) is 0 Å². The van der Waals surface area contributed by atoms with Gasteiger partial charge in [-0.05, 0) is 12.1 Å². The van der Waals surface area contributed by atoms with E-state index < -0.39 is 17.4 Å². The number of aromatic hydroxyl groups is 1. The molecule has 14 heavy (non-hydrogen) atoms. The van der Waals surface area contributed by atoms with Crippen molar-refractivity contribution in [2.45, 2.75) is 0 Å². The lowest BCUT2D eigenvalue weighted by atomic mass is 10.2. The highest BCUT2D eigenvalue weighted by molar-refractivity contribution is 6.00. The van der Waals surface area contributed by atoms with Crippen molar-refractivity contribution in [3.8, 4) is 5.75 Å². The Hall–Kier alpha value is -2.17. The number of carboxylic acids is 1. The van der Waals surface area contributed by atoms with E-state index >= 15 is 0 Å². The van der Waals surface area contributed by atoms with E-state index in [9.17, 15) is 15.1 Å². The molecule has 5 nitrogen and oxygen atoms in total. The van der Waals surface area contributed by atoms with E-state index in [4.69, 9.17) is 5.11 Å². The topological polar surface area (TPSA) is 82.7 Å². The lowest BCUT2D eigenvalue weighted by molar-refractivity contribution is 0.0644. The highest BCUT2D eigenvalue weighted by atomic mass is 16.5. The third-order valence-electron chi connectivity index (χ3n) is 2.03. The number of nitrogens with zero attached hydrogens (tertiary/aromatic N) is 1. The van der Waals surface area contributed by atoms with Gasteiger partial charge in [-0.3, -0.25) is 0 Å². The quantitative estimate of drug-likeness (QED) is 0.596. The van der Waals surface area contributed by atoms with E-state index in [-0.39, 0.29) is 5.52 Å². The summed E-state index contributed by atoms with van der Waals surface area (Å²) in [5.41, 5.74) is -0.256. The smallest absolute Gasteiger partial charge is 0.359 e. The van der Waals surface area contributed by atoms with Gasteiger partial charge >= 0.3 is 5.97 Å². The Bertz CT molecular complexity index is 476. The standard InChI is InChI=1S/C9H7NO4/c11-8-5-3-1-2-4-6(5)10(14)7(8)9(12)13/h1-4,11,14H,(H,12,13). The number of carboxylic acid groups (broad SMARTS) is 1. The van der Waals surface area contributed by atoms with Crippen molar-refractivity contribution in [1.82, 2.24) is 4.73 Å². The highest BCUT2D eigenvalue weighted by Gasteiger charge is 2.21. The molecule has 0 bridgehead atoms. The molecule has 0 unspecified atom stereocenters. The van der Waals surface area contributed by atoms with Gasteiger partial charge in [0, 0.05) is 5.39 Å². The first-order chi connectivity index (χ1) is 6.63. The number of benzene rings is 1. The predicted octanol–water partition coefficient (Wildman–Crippen LogP) is 1.28. The van der Waals surface area contributed by atoms with Crippen molar-refractivity contribution in [3.63, 3.8) is 0 Å². The van der Waals surface area contributed by atoms with Crippen molar-refractivity contribution >= 4 is 16.9 Å². The maximum atomic E-state index is 10.7. The number of para-hydroxylation sites is 1. The molecule has 1 aromatic carbocycles. The molecular formula is C9H7NO4. The largest absolute Gasteiger partial charge is 0.505 e. The van der Waals surface area contributed by atoms with Gasteiger partial charge < -0.3 is 15.4 Å². The minimum atomic E-state index is -1.37. The van der Waals surface area contributed by atoms with Crippen LogP contribution in [0.25, 0.3) is 10.9 Å². The fourth-order valence-corrected chi connectivity index (χ4v) is 1.40. The summed E-state index contributed by atoms with van der Waals surface area (Å²) in [5, 5.41) is 27.9. The molecule has 1 heterocycles. The summed E-state index contributed by atoms with van der Waals surface area (Å²) in [7, 11) is 0. The fourth-order valence-electron chi connectivity index (χ4n) is 1.40. The van der Waals surface area contributed by atoms with E-state index in [0.29, 0.717) is 10.1 Å². The second-order valence-corrected chi connectivity index (χ2v) is 2.83. The molecule has 0 aliphatic heterocycles. The summed E-state index contributed by atoms with van der Waals surface area (Å²) in [4.78, 5) is 10.7. The Morgan fingerprint density at radius 1 is 1.29 bits per heavy atom. The Morgan fingerprint density at radius 2 is 1.93 bits per heavy atom. The summed E-state index contributed by atoms with van der Waals surface area (Å²) in [6.45, 7) is 0.